The van der Waals surface area contributed by atoms with E-state index in [4.69, 9.17) is 0 Å². The monoisotopic (exact) mass is 169 g/mol. The third kappa shape index (κ3) is 2.78. The lowest BCUT2D eigenvalue weighted by atomic mass is 9.71. The molecule has 0 radical (unpaired) electrons. The van der Waals surface area contributed by atoms with Gasteiger partial charge in [-0.05, 0) is 31.2 Å². The molecule has 0 aromatic rings. The molecule has 0 amide bonds. The molecular weight excluding hydrogens is 146 g/mol. The van der Waals surface area contributed by atoms with Crippen molar-refractivity contribution in [2.45, 2.75) is 52.5 Å². The van der Waals surface area contributed by atoms with Crippen molar-refractivity contribution in [3.63, 3.8) is 0 Å². The molecular formula is C11H23N. The van der Waals surface area contributed by atoms with Crippen LogP contribution in [0.25, 0.3) is 0 Å². The van der Waals surface area contributed by atoms with E-state index in [0.717, 1.165) is 11.8 Å². The zero-order valence-corrected chi connectivity index (χ0v) is 8.77. The minimum absolute atomic E-state index is 0.660. The van der Waals surface area contributed by atoms with Gasteiger partial charge in [-0.2, -0.15) is 0 Å². The number of nitrogens with one attached hydrogen (secondary N) is 1. The minimum atomic E-state index is 0.660. The van der Waals surface area contributed by atoms with Crippen molar-refractivity contribution in [1.29, 1.82) is 0 Å². The molecule has 0 bridgehead atoms. The molecule has 1 N–H and O–H groups in total. The molecule has 0 aromatic carbocycles. The molecule has 0 aromatic heterocycles. The van der Waals surface area contributed by atoms with Gasteiger partial charge in [-0.15, -0.1) is 0 Å². The van der Waals surface area contributed by atoms with Crippen LogP contribution in [0.4, 0.5) is 0 Å². The molecule has 72 valence electrons. The molecule has 2 unspecified atom stereocenters. The maximum absolute atomic E-state index is 3.54. The molecule has 1 rings (SSSR count). The fourth-order valence-electron chi connectivity index (χ4n) is 2.04. The van der Waals surface area contributed by atoms with E-state index in [-0.39, 0.29) is 0 Å². The molecule has 1 aliphatic rings. The summed E-state index contributed by atoms with van der Waals surface area (Å²) in [4.78, 5) is 0. The van der Waals surface area contributed by atoms with Gasteiger partial charge in [0.2, 0.25) is 0 Å². The second-order valence-corrected chi connectivity index (χ2v) is 4.45. The van der Waals surface area contributed by atoms with Gasteiger partial charge in [-0.1, -0.05) is 33.6 Å². The van der Waals surface area contributed by atoms with Crippen molar-refractivity contribution < 1.29 is 0 Å². The van der Waals surface area contributed by atoms with Gasteiger partial charge in [0.05, 0.1) is 0 Å². The van der Waals surface area contributed by atoms with Gasteiger partial charge in [-0.3, -0.25) is 0 Å². The van der Waals surface area contributed by atoms with Crippen LogP contribution in [0.1, 0.15) is 46.5 Å². The maximum atomic E-state index is 3.54. The zero-order valence-electron chi connectivity index (χ0n) is 8.77. The Bertz CT molecular complexity index is 120. The third-order valence-corrected chi connectivity index (χ3v) is 3.02. The lowest BCUT2D eigenvalue weighted by Crippen LogP contribution is -2.37. The van der Waals surface area contributed by atoms with Crippen molar-refractivity contribution in [2.75, 3.05) is 6.54 Å². The lowest BCUT2D eigenvalue weighted by Gasteiger charge is -2.37. The second kappa shape index (κ2) is 4.86. The Morgan fingerprint density at radius 2 is 1.92 bits per heavy atom. The zero-order chi connectivity index (χ0) is 8.97. The highest BCUT2D eigenvalue weighted by molar-refractivity contribution is 4.82. The summed E-state index contributed by atoms with van der Waals surface area (Å²) in [6.45, 7) is 8.01. The molecule has 12 heavy (non-hydrogen) atoms. The van der Waals surface area contributed by atoms with E-state index in [1.165, 1.54) is 32.2 Å². The molecule has 1 aliphatic carbocycles. The Morgan fingerprint density at radius 3 is 2.33 bits per heavy atom. The minimum Gasteiger partial charge on any atom is -0.314 e. The van der Waals surface area contributed by atoms with E-state index < -0.39 is 0 Å². The Kier molecular flexibility index (Phi) is 4.07. The van der Waals surface area contributed by atoms with E-state index in [1.807, 2.05) is 0 Å². The van der Waals surface area contributed by atoms with Crippen molar-refractivity contribution in [3.8, 4) is 0 Å². The van der Waals surface area contributed by atoms with Gasteiger partial charge in [0.15, 0.2) is 0 Å². The van der Waals surface area contributed by atoms with E-state index in [1.54, 1.807) is 0 Å². The molecule has 0 spiro atoms. The Hall–Kier alpha value is -0.0400. The van der Waals surface area contributed by atoms with Crippen LogP contribution >= 0.6 is 0 Å². The van der Waals surface area contributed by atoms with E-state index >= 15 is 0 Å². The summed E-state index contributed by atoms with van der Waals surface area (Å²) in [6.07, 6.45) is 5.76. The highest BCUT2D eigenvalue weighted by Gasteiger charge is 2.29. The summed E-state index contributed by atoms with van der Waals surface area (Å²) in [5.74, 6) is 2.04. The van der Waals surface area contributed by atoms with Crippen molar-refractivity contribution in [3.05, 3.63) is 0 Å². The van der Waals surface area contributed by atoms with Crippen LogP contribution in [0.2, 0.25) is 0 Å². The van der Waals surface area contributed by atoms with Crippen LogP contribution in [0.5, 0.6) is 0 Å². The largest absolute Gasteiger partial charge is 0.314 e. The molecule has 2 atom stereocenters. The lowest BCUT2D eigenvalue weighted by molar-refractivity contribution is 0.156. The molecule has 0 heterocycles. The van der Waals surface area contributed by atoms with Crippen LogP contribution in [-0.4, -0.2) is 12.6 Å². The maximum Gasteiger partial charge on any atom is 0.00104 e. The smallest absolute Gasteiger partial charge is 0.00104 e. The fraction of sp³-hybridized carbons (Fsp3) is 1.00. The first-order chi connectivity index (χ1) is 5.74. The summed E-state index contributed by atoms with van der Waals surface area (Å²) < 4.78 is 0. The van der Waals surface area contributed by atoms with E-state index in [0.29, 0.717) is 6.04 Å². The number of hydrogen-bond donors (Lipinski definition) is 1. The van der Waals surface area contributed by atoms with Crippen LogP contribution in [0.3, 0.4) is 0 Å². The van der Waals surface area contributed by atoms with Crippen molar-refractivity contribution in [1.82, 2.24) is 5.32 Å². The average molecular weight is 169 g/mol. The number of rotatable bonds is 5. The summed E-state index contributed by atoms with van der Waals surface area (Å²) >= 11 is 0. The molecule has 1 saturated carbocycles. The van der Waals surface area contributed by atoms with Gasteiger partial charge in [-0.25, -0.2) is 0 Å². The SMILES string of the molecule is CCCC1CCC1CNC(C)C. The van der Waals surface area contributed by atoms with Gasteiger partial charge in [0.1, 0.15) is 0 Å². The first-order valence-electron chi connectivity index (χ1n) is 5.47. The highest BCUT2D eigenvalue weighted by atomic mass is 14.9. The quantitative estimate of drug-likeness (QED) is 0.667. The summed E-state index contributed by atoms with van der Waals surface area (Å²) in [5.41, 5.74) is 0. The first kappa shape index (κ1) is 10.0. The first-order valence-corrected chi connectivity index (χ1v) is 5.47. The van der Waals surface area contributed by atoms with Crippen LogP contribution < -0.4 is 5.32 Å². The molecule has 0 aliphatic heterocycles. The summed E-state index contributed by atoms with van der Waals surface area (Å²) in [6, 6.07) is 0.660. The summed E-state index contributed by atoms with van der Waals surface area (Å²) in [7, 11) is 0. The topological polar surface area (TPSA) is 12.0 Å². The third-order valence-electron chi connectivity index (χ3n) is 3.02. The van der Waals surface area contributed by atoms with Crippen molar-refractivity contribution in [2.24, 2.45) is 11.8 Å². The van der Waals surface area contributed by atoms with E-state index in [2.05, 4.69) is 26.1 Å². The van der Waals surface area contributed by atoms with Crippen LogP contribution in [0.15, 0.2) is 0 Å². The summed E-state index contributed by atoms with van der Waals surface area (Å²) in [5, 5.41) is 3.54. The Morgan fingerprint density at radius 1 is 1.25 bits per heavy atom. The molecule has 0 saturated heterocycles. The van der Waals surface area contributed by atoms with Crippen LogP contribution in [0, 0.1) is 11.8 Å². The molecule has 1 heteroatoms. The standard InChI is InChI=1S/C11H23N/c1-4-5-10-6-7-11(10)8-12-9(2)3/h9-12H,4-8H2,1-3H3. The van der Waals surface area contributed by atoms with Gasteiger partial charge < -0.3 is 5.32 Å². The Balaban J connectivity index is 2.08. The predicted octanol–water partition coefficient (Wildman–Crippen LogP) is 2.81. The van der Waals surface area contributed by atoms with Gasteiger partial charge >= 0.3 is 0 Å². The predicted molar refractivity (Wildman–Crippen MR) is 54.3 cm³/mol. The van der Waals surface area contributed by atoms with Crippen molar-refractivity contribution >= 4 is 0 Å². The highest BCUT2D eigenvalue weighted by Crippen LogP contribution is 2.36. The van der Waals surface area contributed by atoms with Gasteiger partial charge in [0.25, 0.3) is 0 Å². The number of hydrogen-bond acceptors (Lipinski definition) is 1. The van der Waals surface area contributed by atoms with Gasteiger partial charge in [0, 0.05) is 6.04 Å². The normalized spacial score (nSPS) is 29.0. The Labute approximate surface area is 76.9 Å². The van der Waals surface area contributed by atoms with Crippen LogP contribution in [-0.2, 0) is 0 Å². The second-order valence-electron chi connectivity index (χ2n) is 4.45. The van der Waals surface area contributed by atoms with E-state index in [9.17, 15) is 0 Å². The fourth-order valence-corrected chi connectivity index (χ4v) is 2.04. The molecule has 1 fully saturated rings. The average Bonchev–Trinajstić information content (AvgIpc) is 1.98. The molecule has 1 nitrogen and oxygen atoms in total.